The lowest BCUT2D eigenvalue weighted by Gasteiger charge is -2.03. The third-order valence-electron chi connectivity index (χ3n) is 1.26. The Hall–Kier alpha value is 0.250. The van der Waals surface area contributed by atoms with Crippen LogP contribution in [0, 0.1) is 0 Å². The van der Waals surface area contributed by atoms with Gasteiger partial charge in [-0.05, 0) is 24.4 Å². The van der Waals surface area contributed by atoms with E-state index in [0.29, 0.717) is 12.8 Å². The SMILES string of the molecule is CCCC(Cl)CCC(=O)Cl. The molecule has 0 heterocycles. The fraction of sp³-hybridized carbons (Fsp3) is 0.857. The highest BCUT2D eigenvalue weighted by Gasteiger charge is 2.04. The average molecular weight is 183 g/mol. The Balaban J connectivity index is 3.21. The van der Waals surface area contributed by atoms with Crippen molar-refractivity contribution >= 4 is 28.4 Å². The summed E-state index contributed by atoms with van der Waals surface area (Å²) in [6, 6.07) is 0. The summed E-state index contributed by atoms with van der Waals surface area (Å²) in [6.45, 7) is 2.07. The maximum atomic E-state index is 10.3. The summed E-state index contributed by atoms with van der Waals surface area (Å²) >= 11 is 10.9. The van der Waals surface area contributed by atoms with E-state index in [1.807, 2.05) is 0 Å². The van der Waals surface area contributed by atoms with Crippen LogP contribution in [0.1, 0.15) is 32.6 Å². The van der Waals surface area contributed by atoms with Crippen LogP contribution in [0.15, 0.2) is 0 Å². The van der Waals surface area contributed by atoms with Gasteiger partial charge in [-0.15, -0.1) is 11.6 Å². The Morgan fingerprint density at radius 1 is 1.50 bits per heavy atom. The minimum Gasteiger partial charge on any atom is -0.281 e. The van der Waals surface area contributed by atoms with Crippen LogP contribution in [-0.4, -0.2) is 10.6 Å². The second-order valence-corrected chi connectivity index (χ2v) is 3.32. The molecule has 0 amide bonds. The van der Waals surface area contributed by atoms with Gasteiger partial charge < -0.3 is 0 Å². The normalized spacial score (nSPS) is 13.1. The van der Waals surface area contributed by atoms with E-state index in [1.165, 1.54) is 0 Å². The Morgan fingerprint density at radius 3 is 2.50 bits per heavy atom. The molecule has 3 heteroatoms. The number of halogens is 2. The van der Waals surface area contributed by atoms with Crippen LogP contribution >= 0.6 is 23.2 Å². The van der Waals surface area contributed by atoms with E-state index in [9.17, 15) is 4.79 Å². The lowest BCUT2D eigenvalue weighted by Crippen LogP contribution is -1.99. The molecule has 0 saturated heterocycles. The molecule has 0 fully saturated rings. The first-order chi connectivity index (χ1) is 4.66. The zero-order valence-electron chi connectivity index (χ0n) is 6.07. The van der Waals surface area contributed by atoms with Crippen molar-refractivity contribution in [3.05, 3.63) is 0 Å². The molecular formula is C7H12Cl2O. The first kappa shape index (κ1) is 10.2. The Kier molecular flexibility index (Phi) is 6.14. The zero-order valence-corrected chi connectivity index (χ0v) is 7.58. The van der Waals surface area contributed by atoms with Crippen LogP contribution in [0.25, 0.3) is 0 Å². The summed E-state index contributed by atoms with van der Waals surface area (Å²) in [7, 11) is 0. The number of carbonyl (C=O) groups excluding carboxylic acids is 1. The van der Waals surface area contributed by atoms with Gasteiger partial charge in [0.1, 0.15) is 0 Å². The van der Waals surface area contributed by atoms with E-state index >= 15 is 0 Å². The van der Waals surface area contributed by atoms with Crippen LogP contribution < -0.4 is 0 Å². The molecule has 10 heavy (non-hydrogen) atoms. The van der Waals surface area contributed by atoms with E-state index in [0.717, 1.165) is 12.8 Å². The molecule has 0 radical (unpaired) electrons. The van der Waals surface area contributed by atoms with Crippen LogP contribution in [0.2, 0.25) is 0 Å². The van der Waals surface area contributed by atoms with Crippen LogP contribution in [-0.2, 0) is 4.79 Å². The van der Waals surface area contributed by atoms with E-state index in [-0.39, 0.29) is 10.6 Å². The summed E-state index contributed by atoms with van der Waals surface area (Å²) in [5.41, 5.74) is 0. The molecule has 0 N–H and O–H groups in total. The van der Waals surface area contributed by atoms with Crippen molar-refractivity contribution in [2.45, 2.75) is 38.0 Å². The predicted molar refractivity (Wildman–Crippen MR) is 44.6 cm³/mol. The molecule has 0 aliphatic rings. The largest absolute Gasteiger partial charge is 0.281 e. The van der Waals surface area contributed by atoms with E-state index in [1.54, 1.807) is 0 Å². The summed E-state index contributed by atoms with van der Waals surface area (Å²) in [5.74, 6) is 0. The van der Waals surface area contributed by atoms with Gasteiger partial charge in [-0.25, -0.2) is 0 Å². The van der Waals surface area contributed by atoms with Crippen molar-refractivity contribution in [1.29, 1.82) is 0 Å². The second-order valence-electron chi connectivity index (χ2n) is 2.28. The third kappa shape index (κ3) is 6.37. The molecule has 60 valence electrons. The van der Waals surface area contributed by atoms with Gasteiger partial charge in [0.25, 0.3) is 0 Å². The highest BCUT2D eigenvalue weighted by atomic mass is 35.5. The number of carbonyl (C=O) groups is 1. The van der Waals surface area contributed by atoms with Gasteiger partial charge in [-0.1, -0.05) is 13.3 Å². The molecule has 0 bridgehead atoms. The maximum Gasteiger partial charge on any atom is 0.221 e. The van der Waals surface area contributed by atoms with Crippen LogP contribution in [0.4, 0.5) is 0 Å². The summed E-state index contributed by atoms with van der Waals surface area (Å²) in [6.07, 6.45) is 3.13. The summed E-state index contributed by atoms with van der Waals surface area (Å²) in [5, 5.41) is -0.172. The molecule has 0 spiro atoms. The Morgan fingerprint density at radius 2 is 2.10 bits per heavy atom. The molecule has 0 aromatic rings. The van der Waals surface area contributed by atoms with Crippen molar-refractivity contribution in [1.82, 2.24) is 0 Å². The second kappa shape index (κ2) is 5.99. The molecule has 0 aromatic carbocycles. The first-order valence-electron chi connectivity index (χ1n) is 3.49. The zero-order chi connectivity index (χ0) is 7.98. The van der Waals surface area contributed by atoms with Crippen molar-refractivity contribution in [2.75, 3.05) is 0 Å². The van der Waals surface area contributed by atoms with Gasteiger partial charge in [-0.3, -0.25) is 4.79 Å². The summed E-state index contributed by atoms with van der Waals surface area (Å²) < 4.78 is 0. The van der Waals surface area contributed by atoms with Gasteiger partial charge in [0, 0.05) is 11.8 Å². The Bertz CT molecular complexity index is 104. The third-order valence-corrected chi connectivity index (χ3v) is 1.88. The smallest absolute Gasteiger partial charge is 0.221 e. The fourth-order valence-corrected chi connectivity index (χ4v) is 1.16. The van der Waals surface area contributed by atoms with E-state index < -0.39 is 0 Å². The van der Waals surface area contributed by atoms with Gasteiger partial charge in [-0.2, -0.15) is 0 Å². The van der Waals surface area contributed by atoms with Crippen molar-refractivity contribution in [2.24, 2.45) is 0 Å². The van der Waals surface area contributed by atoms with Crippen molar-refractivity contribution in [3.8, 4) is 0 Å². The van der Waals surface area contributed by atoms with Crippen LogP contribution in [0.5, 0.6) is 0 Å². The van der Waals surface area contributed by atoms with Gasteiger partial charge >= 0.3 is 0 Å². The van der Waals surface area contributed by atoms with Gasteiger partial charge in [0.2, 0.25) is 5.24 Å². The summed E-state index contributed by atoms with van der Waals surface area (Å²) in [4.78, 5) is 10.3. The number of hydrogen-bond acceptors (Lipinski definition) is 1. The van der Waals surface area contributed by atoms with Gasteiger partial charge in [0.05, 0.1) is 0 Å². The molecule has 0 aliphatic heterocycles. The molecule has 0 aliphatic carbocycles. The monoisotopic (exact) mass is 182 g/mol. The predicted octanol–water partition coefficient (Wildman–Crippen LogP) is 2.94. The minimum absolute atomic E-state index is 0.118. The number of alkyl halides is 1. The minimum atomic E-state index is -0.290. The lowest BCUT2D eigenvalue weighted by molar-refractivity contribution is -0.111. The maximum absolute atomic E-state index is 10.3. The standard InChI is InChI=1S/C7H12Cl2O/c1-2-3-6(8)4-5-7(9)10/h6H,2-5H2,1H3. The van der Waals surface area contributed by atoms with E-state index in [2.05, 4.69) is 6.92 Å². The first-order valence-corrected chi connectivity index (χ1v) is 4.30. The quantitative estimate of drug-likeness (QED) is 0.473. The number of rotatable bonds is 5. The highest BCUT2D eigenvalue weighted by Crippen LogP contribution is 2.12. The molecule has 0 rings (SSSR count). The lowest BCUT2D eigenvalue weighted by atomic mass is 10.1. The van der Waals surface area contributed by atoms with Crippen molar-refractivity contribution < 1.29 is 4.79 Å². The molecule has 1 unspecified atom stereocenters. The molecule has 0 aromatic heterocycles. The topological polar surface area (TPSA) is 17.1 Å². The Labute approximate surface area is 71.7 Å². The average Bonchev–Trinajstić information content (AvgIpc) is 1.85. The van der Waals surface area contributed by atoms with E-state index in [4.69, 9.17) is 23.2 Å². The van der Waals surface area contributed by atoms with Crippen molar-refractivity contribution in [3.63, 3.8) is 0 Å². The fourth-order valence-electron chi connectivity index (χ4n) is 0.728. The van der Waals surface area contributed by atoms with Crippen LogP contribution in [0.3, 0.4) is 0 Å². The van der Waals surface area contributed by atoms with Gasteiger partial charge in [0.15, 0.2) is 0 Å². The molecular weight excluding hydrogens is 171 g/mol. The molecule has 1 atom stereocenters. The number of hydrogen-bond donors (Lipinski definition) is 0. The molecule has 1 nitrogen and oxygen atoms in total. The molecule has 0 saturated carbocycles. The highest BCUT2D eigenvalue weighted by molar-refractivity contribution is 6.63.